The van der Waals surface area contributed by atoms with Gasteiger partial charge in [-0.05, 0) is 30.7 Å². The maximum atomic E-state index is 12.8. The Morgan fingerprint density at radius 3 is 2.59 bits per heavy atom. The molecule has 0 fully saturated rings. The van der Waals surface area contributed by atoms with Crippen LogP contribution in [0, 0.1) is 12.7 Å². The van der Waals surface area contributed by atoms with Gasteiger partial charge < -0.3 is 15.5 Å². The number of carbonyl (C=O) groups is 2. The summed E-state index contributed by atoms with van der Waals surface area (Å²) in [5.74, 6) is -2.47. The van der Waals surface area contributed by atoms with Crippen molar-refractivity contribution in [1.82, 2.24) is 5.32 Å². The fourth-order valence-corrected chi connectivity index (χ4v) is 1.30. The highest BCUT2D eigenvalue weighted by atomic mass is 19.1. The third-order valence-electron chi connectivity index (χ3n) is 2.22. The molecular formula is C11H12FNO4. The summed E-state index contributed by atoms with van der Waals surface area (Å²) in [6, 6.07) is 2.17. The molecule has 1 aromatic rings. The highest BCUT2D eigenvalue weighted by molar-refractivity contribution is 5.97. The van der Waals surface area contributed by atoms with Crippen molar-refractivity contribution in [2.45, 2.75) is 13.0 Å². The molecule has 0 aliphatic rings. The molecule has 5 nitrogen and oxygen atoms in total. The van der Waals surface area contributed by atoms with Gasteiger partial charge in [-0.15, -0.1) is 0 Å². The molecule has 0 spiro atoms. The molecule has 92 valence electrons. The smallest absolute Gasteiger partial charge is 0.328 e. The number of aryl methyl sites for hydroxylation is 1. The van der Waals surface area contributed by atoms with E-state index >= 15 is 0 Å². The first-order chi connectivity index (χ1) is 7.95. The summed E-state index contributed by atoms with van der Waals surface area (Å²) in [4.78, 5) is 22.2. The minimum Gasteiger partial charge on any atom is -0.480 e. The van der Waals surface area contributed by atoms with E-state index in [1.807, 2.05) is 0 Å². The van der Waals surface area contributed by atoms with Crippen LogP contribution in [0.25, 0.3) is 0 Å². The van der Waals surface area contributed by atoms with Crippen LogP contribution in [0.3, 0.4) is 0 Å². The molecule has 0 aromatic heterocycles. The molecule has 0 saturated heterocycles. The number of nitrogens with one attached hydrogen (secondary N) is 1. The Morgan fingerprint density at radius 1 is 1.47 bits per heavy atom. The summed E-state index contributed by atoms with van der Waals surface area (Å²) in [7, 11) is 0. The number of aliphatic hydroxyl groups is 1. The number of benzene rings is 1. The number of carboxylic acids is 1. The largest absolute Gasteiger partial charge is 0.480 e. The molecule has 1 amide bonds. The molecule has 17 heavy (non-hydrogen) atoms. The maximum Gasteiger partial charge on any atom is 0.328 e. The van der Waals surface area contributed by atoms with Crippen LogP contribution in [0.5, 0.6) is 0 Å². The number of rotatable bonds is 4. The zero-order chi connectivity index (χ0) is 13.0. The summed E-state index contributed by atoms with van der Waals surface area (Å²) < 4.78 is 12.8. The topological polar surface area (TPSA) is 86.6 Å². The summed E-state index contributed by atoms with van der Waals surface area (Å²) in [5.41, 5.74) is 0.565. The van der Waals surface area contributed by atoms with Gasteiger partial charge in [0, 0.05) is 5.56 Å². The van der Waals surface area contributed by atoms with E-state index < -0.39 is 30.3 Å². The molecule has 0 aliphatic heterocycles. The van der Waals surface area contributed by atoms with E-state index in [0.717, 1.165) is 6.07 Å². The third kappa shape index (κ3) is 3.25. The highest BCUT2D eigenvalue weighted by Gasteiger charge is 2.20. The van der Waals surface area contributed by atoms with Crippen LogP contribution in [0.4, 0.5) is 4.39 Å². The minimum atomic E-state index is -1.37. The van der Waals surface area contributed by atoms with Gasteiger partial charge in [-0.1, -0.05) is 0 Å². The standard InChI is InChI=1S/C11H12FNO4/c1-6-4-7(12)2-3-8(6)10(15)13-9(5-14)11(16)17/h2-4,9,14H,5H2,1H3,(H,13,15)(H,16,17)/t9-/m0/s1. The molecule has 1 aromatic carbocycles. The van der Waals surface area contributed by atoms with E-state index in [1.165, 1.54) is 19.1 Å². The van der Waals surface area contributed by atoms with Crippen LogP contribution in [-0.4, -0.2) is 34.7 Å². The number of hydrogen-bond acceptors (Lipinski definition) is 3. The molecule has 0 aliphatic carbocycles. The van der Waals surface area contributed by atoms with Gasteiger partial charge in [0.05, 0.1) is 6.61 Å². The Kier molecular flexibility index (Phi) is 4.17. The molecule has 3 N–H and O–H groups in total. The molecule has 0 heterocycles. The van der Waals surface area contributed by atoms with E-state index in [1.54, 1.807) is 0 Å². The number of carbonyl (C=O) groups excluding carboxylic acids is 1. The molecular weight excluding hydrogens is 229 g/mol. The predicted octanol–water partition coefficient (Wildman–Crippen LogP) is 0.309. The number of hydrogen-bond donors (Lipinski definition) is 3. The monoisotopic (exact) mass is 241 g/mol. The Morgan fingerprint density at radius 2 is 2.12 bits per heavy atom. The van der Waals surface area contributed by atoms with Crippen LogP contribution in [0.15, 0.2) is 18.2 Å². The van der Waals surface area contributed by atoms with Crippen molar-refractivity contribution in [3.8, 4) is 0 Å². The second-order valence-corrected chi connectivity index (χ2v) is 3.51. The first kappa shape index (κ1) is 13.1. The molecule has 0 radical (unpaired) electrons. The van der Waals surface area contributed by atoms with Crippen LogP contribution in [-0.2, 0) is 4.79 Å². The van der Waals surface area contributed by atoms with Crippen LogP contribution < -0.4 is 5.32 Å². The van der Waals surface area contributed by atoms with E-state index in [2.05, 4.69) is 5.32 Å². The Hall–Kier alpha value is -1.95. The van der Waals surface area contributed by atoms with Crippen molar-refractivity contribution in [1.29, 1.82) is 0 Å². The van der Waals surface area contributed by atoms with E-state index in [-0.39, 0.29) is 5.56 Å². The van der Waals surface area contributed by atoms with Gasteiger partial charge >= 0.3 is 5.97 Å². The molecule has 0 bridgehead atoms. The van der Waals surface area contributed by atoms with E-state index in [0.29, 0.717) is 5.56 Å². The lowest BCUT2D eigenvalue weighted by Gasteiger charge is -2.12. The lowest BCUT2D eigenvalue weighted by atomic mass is 10.1. The zero-order valence-corrected chi connectivity index (χ0v) is 9.11. The number of carboxylic acid groups (broad SMARTS) is 1. The second kappa shape index (κ2) is 5.40. The van der Waals surface area contributed by atoms with Crippen molar-refractivity contribution >= 4 is 11.9 Å². The van der Waals surface area contributed by atoms with Crippen molar-refractivity contribution in [2.24, 2.45) is 0 Å². The molecule has 6 heteroatoms. The van der Waals surface area contributed by atoms with Gasteiger partial charge in [0.1, 0.15) is 5.82 Å². The quantitative estimate of drug-likeness (QED) is 0.708. The number of halogens is 1. The van der Waals surface area contributed by atoms with Gasteiger partial charge in [0.2, 0.25) is 0 Å². The minimum absolute atomic E-state index is 0.172. The van der Waals surface area contributed by atoms with Gasteiger partial charge in [-0.25, -0.2) is 9.18 Å². The average Bonchev–Trinajstić information content (AvgIpc) is 2.24. The Labute approximate surface area is 96.9 Å². The predicted molar refractivity (Wildman–Crippen MR) is 57.1 cm³/mol. The van der Waals surface area contributed by atoms with Crippen LogP contribution in [0.2, 0.25) is 0 Å². The lowest BCUT2D eigenvalue weighted by molar-refractivity contribution is -0.140. The third-order valence-corrected chi connectivity index (χ3v) is 2.22. The summed E-state index contributed by atoms with van der Waals surface area (Å²) in [6.07, 6.45) is 0. The van der Waals surface area contributed by atoms with Gasteiger partial charge in [0.25, 0.3) is 5.91 Å². The van der Waals surface area contributed by atoms with E-state index in [9.17, 15) is 14.0 Å². The highest BCUT2D eigenvalue weighted by Crippen LogP contribution is 2.10. The average molecular weight is 241 g/mol. The molecule has 1 atom stereocenters. The molecule has 0 unspecified atom stereocenters. The number of amides is 1. The summed E-state index contributed by atoms with van der Waals surface area (Å²) in [5, 5.41) is 19.5. The molecule has 0 saturated carbocycles. The summed E-state index contributed by atoms with van der Waals surface area (Å²) >= 11 is 0. The van der Waals surface area contributed by atoms with Crippen molar-refractivity contribution < 1.29 is 24.2 Å². The van der Waals surface area contributed by atoms with Crippen molar-refractivity contribution in [2.75, 3.05) is 6.61 Å². The fourth-order valence-electron chi connectivity index (χ4n) is 1.30. The summed E-state index contributed by atoms with van der Waals surface area (Å²) in [6.45, 7) is 0.827. The Balaban J connectivity index is 2.86. The number of aliphatic hydroxyl groups excluding tert-OH is 1. The number of aliphatic carboxylic acids is 1. The second-order valence-electron chi connectivity index (χ2n) is 3.51. The van der Waals surface area contributed by atoms with E-state index in [4.69, 9.17) is 10.2 Å². The van der Waals surface area contributed by atoms with Crippen molar-refractivity contribution in [3.63, 3.8) is 0 Å². The Bertz CT molecular complexity index is 447. The van der Waals surface area contributed by atoms with Crippen molar-refractivity contribution in [3.05, 3.63) is 35.1 Å². The van der Waals surface area contributed by atoms with Crippen LogP contribution in [0.1, 0.15) is 15.9 Å². The fraction of sp³-hybridized carbons (Fsp3) is 0.273. The maximum absolute atomic E-state index is 12.8. The molecule has 1 rings (SSSR count). The SMILES string of the molecule is Cc1cc(F)ccc1C(=O)N[C@@H](CO)C(=O)O. The van der Waals surface area contributed by atoms with Gasteiger partial charge in [0.15, 0.2) is 6.04 Å². The normalized spacial score (nSPS) is 11.9. The first-order valence-electron chi connectivity index (χ1n) is 4.86. The first-order valence-corrected chi connectivity index (χ1v) is 4.86. The van der Waals surface area contributed by atoms with Gasteiger partial charge in [-0.3, -0.25) is 4.79 Å². The zero-order valence-electron chi connectivity index (χ0n) is 9.11. The van der Waals surface area contributed by atoms with Crippen LogP contribution >= 0.6 is 0 Å². The van der Waals surface area contributed by atoms with Gasteiger partial charge in [-0.2, -0.15) is 0 Å². The lowest BCUT2D eigenvalue weighted by Crippen LogP contribution is -2.43.